The Balaban J connectivity index is 2.69. The molecular formula is C16H26ClN3O. The summed E-state index contributed by atoms with van der Waals surface area (Å²) in [5.41, 5.74) is 0.493. The number of halogens is 1. The molecule has 1 aromatic rings. The van der Waals surface area contributed by atoms with Gasteiger partial charge in [-0.3, -0.25) is 4.79 Å². The molecule has 0 unspecified atom stereocenters. The van der Waals surface area contributed by atoms with E-state index in [1.54, 1.807) is 12.3 Å². The van der Waals surface area contributed by atoms with Crippen LogP contribution < -0.4 is 10.6 Å². The number of hydrogen-bond donors (Lipinski definition) is 2. The highest BCUT2D eigenvalue weighted by Crippen LogP contribution is 2.21. The molecule has 0 aliphatic rings. The Morgan fingerprint density at radius 3 is 2.38 bits per heavy atom. The van der Waals surface area contributed by atoms with E-state index in [2.05, 4.69) is 43.3 Å². The van der Waals surface area contributed by atoms with Crippen LogP contribution in [0.3, 0.4) is 0 Å². The highest BCUT2D eigenvalue weighted by atomic mass is 35.5. The summed E-state index contributed by atoms with van der Waals surface area (Å²) < 4.78 is 0. The van der Waals surface area contributed by atoms with Crippen LogP contribution in [0.25, 0.3) is 0 Å². The molecule has 1 aromatic heterocycles. The molecule has 0 spiro atoms. The molecule has 118 valence electrons. The van der Waals surface area contributed by atoms with Gasteiger partial charge in [-0.15, -0.1) is 0 Å². The van der Waals surface area contributed by atoms with Gasteiger partial charge >= 0.3 is 0 Å². The van der Waals surface area contributed by atoms with Gasteiger partial charge < -0.3 is 10.6 Å². The first-order chi connectivity index (χ1) is 9.86. The lowest BCUT2D eigenvalue weighted by Gasteiger charge is -2.25. The number of aromatic nitrogens is 1. The maximum atomic E-state index is 12.2. The van der Waals surface area contributed by atoms with Gasteiger partial charge in [-0.05, 0) is 30.7 Å². The zero-order valence-electron chi connectivity index (χ0n) is 13.5. The minimum atomic E-state index is -0.126. The Kier molecular flexibility index (Phi) is 6.96. The van der Waals surface area contributed by atoms with Gasteiger partial charge in [-0.1, -0.05) is 39.3 Å². The highest BCUT2D eigenvalue weighted by Gasteiger charge is 2.19. The molecule has 0 bridgehead atoms. The van der Waals surface area contributed by atoms with E-state index >= 15 is 0 Å². The Hall–Kier alpha value is -1.29. The Morgan fingerprint density at radius 2 is 1.90 bits per heavy atom. The third-order valence-corrected chi connectivity index (χ3v) is 3.95. The fourth-order valence-corrected chi connectivity index (χ4v) is 2.65. The van der Waals surface area contributed by atoms with Gasteiger partial charge in [0.05, 0.1) is 10.6 Å². The lowest BCUT2D eigenvalue weighted by Crippen LogP contribution is -2.34. The van der Waals surface area contributed by atoms with E-state index in [0.29, 0.717) is 40.7 Å². The van der Waals surface area contributed by atoms with E-state index in [-0.39, 0.29) is 5.91 Å². The van der Waals surface area contributed by atoms with Crippen molar-refractivity contribution in [2.24, 2.45) is 17.8 Å². The van der Waals surface area contributed by atoms with Crippen molar-refractivity contribution in [1.29, 1.82) is 0 Å². The van der Waals surface area contributed by atoms with Crippen molar-refractivity contribution in [3.8, 4) is 0 Å². The van der Waals surface area contributed by atoms with E-state index in [0.717, 1.165) is 6.54 Å². The van der Waals surface area contributed by atoms with Crippen LogP contribution >= 0.6 is 11.6 Å². The summed E-state index contributed by atoms with van der Waals surface area (Å²) in [6.45, 7) is 12.1. The molecule has 1 amide bonds. The Morgan fingerprint density at radius 1 is 1.29 bits per heavy atom. The number of hydrogen-bond acceptors (Lipinski definition) is 3. The van der Waals surface area contributed by atoms with Crippen molar-refractivity contribution >= 4 is 23.3 Å². The molecule has 0 saturated heterocycles. The summed E-state index contributed by atoms with van der Waals surface area (Å²) in [4.78, 5) is 16.4. The van der Waals surface area contributed by atoms with Crippen molar-refractivity contribution in [2.45, 2.75) is 34.6 Å². The maximum absolute atomic E-state index is 12.2. The summed E-state index contributed by atoms with van der Waals surface area (Å²) in [6.07, 6.45) is 1.55. The lowest BCUT2D eigenvalue weighted by molar-refractivity contribution is 0.0937. The largest absolute Gasteiger partial charge is 0.369 e. The molecule has 4 nitrogen and oxygen atoms in total. The van der Waals surface area contributed by atoms with E-state index in [1.807, 2.05) is 6.92 Å². The minimum Gasteiger partial charge on any atom is -0.369 e. The molecule has 21 heavy (non-hydrogen) atoms. The first kappa shape index (κ1) is 17.8. The van der Waals surface area contributed by atoms with Crippen LogP contribution in [0, 0.1) is 17.8 Å². The molecule has 2 N–H and O–H groups in total. The molecule has 0 radical (unpaired) electrons. The number of rotatable bonds is 7. The minimum absolute atomic E-state index is 0.126. The molecule has 0 fully saturated rings. The zero-order chi connectivity index (χ0) is 16.0. The molecular weight excluding hydrogens is 286 g/mol. The average molecular weight is 312 g/mol. The molecule has 0 saturated carbocycles. The summed E-state index contributed by atoms with van der Waals surface area (Å²) >= 11 is 6.11. The van der Waals surface area contributed by atoms with Crippen molar-refractivity contribution < 1.29 is 4.79 Å². The summed E-state index contributed by atoms with van der Waals surface area (Å²) in [6, 6.07) is 1.65. The third kappa shape index (κ3) is 5.20. The Labute approximate surface area is 132 Å². The molecule has 1 rings (SSSR count). The predicted octanol–water partition coefficient (Wildman–Crippen LogP) is 3.82. The summed E-state index contributed by atoms with van der Waals surface area (Å²) in [7, 11) is 0. The van der Waals surface area contributed by atoms with Crippen LogP contribution in [0.2, 0.25) is 5.02 Å². The van der Waals surface area contributed by atoms with Crippen LogP contribution in [0.1, 0.15) is 45.0 Å². The van der Waals surface area contributed by atoms with Gasteiger partial charge in [-0.25, -0.2) is 4.98 Å². The SMILES string of the molecule is CCNc1ncc(C(=O)NCC(C(C)C)C(C)C)cc1Cl. The van der Waals surface area contributed by atoms with Crippen LogP contribution in [-0.2, 0) is 0 Å². The second kappa shape index (κ2) is 8.23. The topological polar surface area (TPSA) is 54.0 Å². The summed E-state index contributed by atoms with van der Waals surface area (Å²) in [5, 5.41) is 6.50. The number of nitrogens with zero attached hydrogens (tertiary/aromatic N) is 1. The first-order valence-electron chi connectivity index (χ1n) is 7.54. The van der Waals surface area contributed by atoms with Gasteiger partial charge in [0.25, 0.3) is 5.91 Å². The van der Waals surface area contributed by atoms with Crippen molar-refractivity contribution in [2.75, 3.05) is 18.4 Å². The number of carbonyl (C=O) groups is 1. The quantitative estimate of drug-likeness (QED) is 0.804. The van der Waals surface area contributed by atoms with Crippen LogP contribution in [-0.4, -0.2) is 24.0 Å². The fourth-order valence-electron chi connectivity index (χ4n) is 2.41. The lowest BCUT2D eigenvalue weighted by atomic mass is 9.85. The zero-order valence-corrected chi connectivity index (χ0v) is 14.3. The Bertz CT molecular complexity index is 467. The van der Waals surface area contributed by atoms with Gasteiger partial charge in [-0.2, -0.15) is 0 Å². The molecule has 0 atom stereocenters. The fraction of sp³-hybridized carbons (Fsp3) is 0.625. The molecule has 0 aromatic carbocycles. The van der Waals surface area contributed by atoms with E-state index in [1.165, 1.54) is 0 Å². The first-order valence-corrected chi connectivity index (χ1v) is 7.92. The number of nitrogens with one attached hydrogen (secondary N) is 2. The van der Waals surface area contributed by atoms with Gasteiger partial charge in [0.2, 0.25) is 0 Å². The smallest absolute Gasteiger partial charge is 0.252 e. The standard InChI is InChI=1S/C16H26ClN3O/c1-6-18-15-14(17)7-12(8-19-15)16(21)20-9-13(10(2)3)11(4)5/h7-8,10-11,13H,6,9H2,1-5H3,(H,18,19)(H,20,21). The predicted molar refractivity (Wildman–Crippen MR) is 88.9 cm³/mol. The van der Waals surface area contributed by atoms with Crippen molar-refractivity contribution in [1.82, 2.24) is 10.3 Å². The number of carbonyl (C=O) groups excluding carboxylic acids is 1. The number of anilines is 1. The average Bonchev–Trinajstić information content (AvgIpc) is 2.40. The maximum Gasteiger partial charge on any atom is 0.252 e. The van der Waals surface area contributed by atoms with E-state index in [9.17, 15) is 4.79 Å². The van der Waals surface area contributed by atoms with Crippen LogP contribution in [0.15, 0.2) is 12.3 Å². The molecule has 0 aliphatic carbocycles. The van der Waals surface area contributed by atoms with Crippen LogP contribution in [0.4, 0.5) is 5.82 Å². The van der Waals surface area contributed by atoms with Gasteiger partial charge in [0.15, 0.2) is 0 Å². The van der Waals surface area contributed by atoms with Gasteiger partial charge in [0, 0.05) is 19.3 Å². The van der Waals surface area contributed by atoms with Gasteiger partial charge in [0.1, 0.15) is 5.82 Å². The van der Waals surface area contributed by atoms with Crippen molar-refractivity contribution in [3.05, 3.63) is 22.8 Å². The summed E-state index contributed by atoms with van der Waals surface area (Å²) in [5.74, 6) is 2.00. The molecule has 0 aliphatic heterocycles. The number of pyridine rings is 1. The third-order valence-electron chi connectivity index (χ3n) is 3.66. The second-order valence-electron chi connectivity index (χ2n) is 5.95. The molecule has 1 heterocycles. The van der Waals surface area contributed by atoms with Crippen molar-refractivity contribution in [3.63, 3.8) is 0 Å². The second-order valence-corrected chi connectivity index (χ2v) is 6.35. The number of amides is 1. The van der Waals surface area contributed by atoms with Crippen LogP contribution in [0.5, 0.6) is 0 Å². The van der Waals surface area contributed by atoms with E-state index in [4.69, 9.17) is 11.6 Å². The van der Waals surface area contributed by atoms with E-state index < -0.39 is 0 Å². The monoisotopic (exact) mass is 311 g/mol. The highest BCUT2D eigenvalue weighted by molar-refractivity contribution is 6.33. The molecule has 5 heteroatoms. The normalized spacial score (nSPS) is 11.3.